The molecule has 5 heterocycles. The third kappa shape index (κ3) is 19.8. The number of alkyl halides is 9. The van der Waals surface area contributed by atoms with E-state index < -0.39 is 141 Å². The summed E-state index contributed by atoms with van der Waals surface area (Å²) >= 11 is 46.0. The van der Waals surface area contributed by atoms with Gasteiger partial charge in [0.2, 0.25) is 14.3 Å². The van der Waals surface area contributed by atoms with Crippen molar-refractivity contribution in [1.29, 1.82) is 5.41 Å². The molecule has 0 amide bonds. The first-order chi connectivity index (χ1) is 48.4. The van der Waals surface area contributed by atoms with Crippen LogP contribution in [-0.2, 0) is 45.2 Å². The number of rotatable bonds is 13. The minimum absolute atomic E-state index is 0. The van der Waals surface area contributed by atoms with Crippen molar-refractivity contribution < 1.29 is 120 Å². The number of carboxylic acids is 1. The Labute approximate surface area is 655 Å². The van der Waals surface area contributed by atoms with E-state index in [4.69, 9.17) is 99.9 Å². The number of thioether (sulfide) groups is 1. The van der Waals surface area contributed by atoms with Crippen LogP contribution in [0.5, 0.6) is 0 Å². The second kappa shape index (κ2) is 36.5. The molecule has 6 aromatic carbocycles. The van der Waals surface area contributed by atoms with Crippen LogP contribution in [0, 0.1) is 22.9 Å². The van der Waals surface area contributed by atoms with Crippen LogP contribution in [0.3, 0.4) is 0 Å². The molecule has 3 N–H and O–H groups in total. The van der Waals surface area contributed by atoms with E-state index in [0.717, 1.165) is 36.7 Å². The molecule has 11 rings (SSSR count). The number of halogens is 21. The summed E-state index contributed by atoms with van der Waals surface area (Å²) in [5.41, 5.74) is -11.7. The molecule has 17 nitrogen and oxygen atoms in total. The molecule has 0 fully saturated rings. The average molecular weight is 1700 g/mol. The van der Waals surface area contributed by atoms with Crippen LogP contribution in [-0.4, -0.2) is 88.6 Å². The van der Waals surface area contributed by atoms with Crippen molar-refractivity contribution in [3.63, 3.8) is 0 Å². The van der Waals surface area contributed by atoms with Crippen LogP contribution in [0.4, 0.5) is 52.7 Å². The monoisotopic (exact) mass is 1690 g/mol. The van der Waals surface area contributed by atoms with Gasteiger partial charge in [-0.25, -0.2) is 36.2 Å². The maximum atomic E-state index is 14.5. The normalized spacial score (nSPS) is 11.5. The van der Waals surface area contributed by atoms with Gasteiger partial charge >= 0.3 is 54.1 Å². The fraction of sp³-hybridized carbons (Fsp3) is 0.0806. The summed E-state index contributed by atoms with van der Waals surface area (Å²) in [6.45, 7) is 0. The van der Waals surface area contributed by atoms with Gasteiger partial charge in [-0.15, -0.1) is 0 Å². The second-order valence-electron chi connectivity index (χ2n) is 19.5. The third-order valence-electron chi connectivity index (χ3n) is 13.3. The van der Waals surface area contributed by atoms with Crippen molar-refractivity contribution >= 4 is 164 Å². The van der Waals surface area contributed by atoms with Gasteiger partial charge in [0.15, 0.2) is 28.6 Å². The van der Waals surface area contributed by atoms with E-state index in [1.807, 2.05) is 0 Å². The Bertz CT molecular complexity index is 5030. The molecule has 0 atom stereocenters. The van der Waals surface area contributed by atoms with E-state index in [0.29, 0.717) is 32.0 Å². The molecule has 11 aromatic rings. The summed E-state index contributed by atoms with van der Waals surface area (Å²) in [7, 11) is 7.36. The van der Waals surface area contributed by atoms with Gasteiger partial charge in [0.25, 0.3) is 5.24 Å². The van der Waals surface area contributed by atoms with E-state index >= 15 is 0 Å². The van der Waals surface area contributed by atoms with E-state index in [1.165, 1.54) is 109 Å². The number of aromatic nitrogens is 8. The topological polar surface area (TPSA) is 238 Å². The van der Waals surface area contributed by atoms with E-state index in [1.54, 1.807) is 6.26 Å². The summed E-state index contributed by atoms with van der Waals surface area (Å²) in [4.78, 5) is 36.7. The van der Waals surface area contributed by atoms with Gasteiger partial charge < -0.3 is 31.9 Å². The van der Waals surface area contributed by atoms with Gasteiger partial charge in [-0.05, 0) is 109 Å². The first-order valence-electron chi connectivity index (χ1n) is 27.1. The summed E-state index contributed by atoms with van der Waals surface area (Å²) in [6.07, 6.45) is -9.64. The van der Waals surface area contributed by atoms with Crippen LogP contribution in [0.1, 0.15) is 48.9 Å². The molecule has 0 saturated heterocycles. The maximum absolute atomic E-state index is 14.5. The summed E-state index contributed by atoms with van der Waals surface area (Å²) in [5.74, 6) is -7.35. The number of hydrogen-bond acceptors (Lipinski definition) is 15. The maximum Gasteiger partial charge on any atom is 1.00 e. The van der Waals surface area contributed by atoms with E-state index in [2.05, 4.69) is 59.6 Å². The fourth-order valence-corrected chi connectivity index (χ4v) is 11.2. The number of aliphatic carboxylic acids is 1. The minimum Gasteiger partial charge on any atom is -0.796 e. The molecule has 0 aliphatic heterocycles. The first-order valence-corrected chi connectivity index (χ1v) is 34.6. The minimum atomic E-state index is -5.11. The van der Waals surface area contributed by atoms with Gasteiger partial charge in [0.05, 0.1) is 89.8 Å². The number of carbonyl (C=O) groups excluding carboxylic acids is 2. The fourth-order valence-electron chi connectivity index (χ4n) is 9.31. The molecule has 0 aliphatic rings. The Hall–Kier alpha value is -6.99. The van der Waals surface area contributed by atoms with Crippen LogP contribution < -0.4 is 29.6 Å². The molecule has 0 spiro atoms. The zero-order chi connectivity index (χ0) is 76.5. The van der Waals surface area contributed by atoms with Gasteiger partial charge in [-0.2, -0.15) is 61.1 Å². The van der Waals surface area contributed by atoms with Gasteiger partial charge in [-0.1, -0.05) is 128 Å². The summed E-state index contributed by atoms with van der Waals surface area (Å²) in [6, 6.07) is 27.1. The Balaban J connectivity index is 0.000000234. The Morgan fingerprint density at radius 3 is 1.23 bits per heavy atom. The number of carboxylic acid groups (broad SMARTS) is 1. The van der Waals surface area contributed by atoms with Gasteiger partial charge in [-0.3, -0.25) is 15.0 Å². The molecule has 0 saturated carbocycles. The standard InChI is InChI=1S/C21H11Cl2F4N3O2S.C20H8Cl3F4N3O2.C20H11Cl2F4N3O3.CH4S.Cl2OS.Na/c1-33-20(31)16-17(15-13(23)6-3-7-14(15)24)29-32-18(16)12-9-28-30(19(12)21(25,26)27)11-5-2-4-10(22)8-11;21-9-3-1-4-10(7-9)30-18(20(25,26)27)11(8-28-30)17-15(19(23)31)16(29-32-17)14-12(22)5-2-6-13(14)24;21-9-3-1-4-10(7-9)29-18(20(24,25)26)11(8-28-29)17(30)15(19(31)32)16(27)14-12(22)5-2-6-13(14)23;1-2;1-4(2)3;/h2-9H,1H3;1-8H;1-8,27,30H,(H,31,32);2H,1H3;;/q;;;;;+1/p-1/b;;17-15+,27-16?;;;. The zero-order valence-electron chi connectivity index (χ0n) is 51.4. The van der Waals surface area contributed by atoms with Gasteiger partial charge in [0, 0.05) is 36.4 Å². The van der Waals surface area contributed by atoms with Crippen LogP contribution in [0.15, 0.2) is 161 Å². The Morgan fingerprint density at radius 2 is 0.885 bits per heavy atom. The number of benzene rings is 6. The van der Waals surface area contributed by atoms with Crippen molar-refractivity contribution in [3.05, 3.63) is 238 Å². The first kappa shape index (κ1) is 85.9. The smallest absolute Gasteiger partial charge is 0.796 e. The third-order valence-corrected chi connectivity index (χ3v) is 15.7. The quantitative estimate of drug-likeness (QED) is 0.0185. The second-order valence-corrected chi connectivity index (χ2v) is 25.7. The SMILES string of the molecule is CSC(=O)c1c(-c2c(F)cccc2Cl)noc1-c1cnn(-c2cccc(Cl)c2)c1C(F)(F)F.C[S-].N=C(/C(C(=O)O)=C(\O)c1cnn(-c2cccc(Cl)c2)c1C(F)(F)F)c1c(F)cccc1Cl.O=C(Cl)c1c(-c2c(F)cccc2Cl)noc1-c1cnn(-c2cccc(Cl)c2)c1C(F)(F)F.O=S(Cl)Cl.[Na+]. The average Bonchev–Trinajstić information content (AvgIpc) is 1.60. The van der Waals surface area contributed by atoms with Crippen molar-refractivity contribution in [2.45, 2.75) is 18.5 Å². The van der Waals surface area contributed by atoms with E-state index in [-0.39, 0.29) is 99.1 Å². The molecule has 5 aromatic heterocycles. The Kier molecular flexibility index (Phi) is 30.2. The predicted molar refractivity (Wildman–Crippen MR) is 369 cm³/mol. The number of carbonyl (C=O) groups is 3. The van der Waals surface area contributed by atoms with Crippen LogP contribution >= 0.6 is 114 Å². The number of hydrogen-bond donors (Lipinski definition) is 3. The van der Waals surface area contributed by atoms with Crippen molar-refractivity contribution in [2.75, 3.05) is 12.5 Å². The van der Waals surface area contributed by atoms with Crippen LogP contribution in [0.2, 0.25) is 30.1 Å². The van der Waals surface area contributed by atoms with E-state index in [9.17, 15) is 77.3 Å². The Morgan fingerprint density at radius 1 is 0.538 bits per heavy atom. The number of aliphatic hydroxyl groups excluding tert-OH is 1. The molecular weight excluding hydrogens is 1660 g/mol. The van der Waals surface area contributed by atoms with Crippen molar-refractivity contribution in [3.8, 4) is 62.2 Å². The molecule has 0 radical (unpaired) electrons. The number of aliphatic hydroxyl groups is 1. The van der Waals surface area contributed by atoms with Crippen LogP contribution in [0.25, 0.3) is 68.0 Å². The predicted octanol–water partition coefficient (Wildman–Crippen LogP) is 18.2. The molecule has 540 valence electrons. The number of nitrogens with zero attached hydrogens (tertiary/aromatic N) is 8. The molecule has 0 unspecified atom stereocenters. The van der Waals surface area contributed by atoms with Gasteiger partial charge in [0.1, 0.15) is 51.3 Å². The molecule has 0 bridgehead atoms. The zero-order valence-corrected chi connectivity index (χ0v) is 62.7. The molecule has 42 heteroatoms. The molecular formula is C62H33Cl9F12N9NaO8S3. The van der Waals surface area contributed by atoms with Crippen molar-refractivity contribution in [2.24, 2.45) is 0 Å². The number of nitrogens with one attached hydrogen (secondary N) is 1. The molecule has 104 heavy (non-hydrogen) atoms. The largest absolute Gasteiger partial charge is 1.00 e. The van der Waals surface area contributed by atoms with Crippen molar-refractivity contribution in [1.82, 2.24) is 39.7 Å². The molecule has 0 aliphatic carbocycles. The summed E-state index contributed by atoms with van der Waals surface area (Å²) in [5, 5.41) is 44.6. The summed E-state index contributed by atoms with van der Waals surface area (Å²) < 4.78 is 190.